The van der Waals surface area contributed by atoms with Gasteiger partial charge in [-0.15, -0.1) is 0 Å². The molecule has 344 valence electrons. The topological polar surface area (TPSA) is 0 Å². The first-order chi connectivity index (χ1) is 0. The maximum atomic E-state index is 0. The van der Waals surface area contributed by atoms with E-state index in [0.29, 0.717) is 0 Å². The van der Waals surface area contributed by atoms with Gasteiger partial charge in [-0.1, -0.05) is 0 Å². The van der Waals surface area contributed by atoms with E-state index in [1.165, 1.54) is 0 Å². The third-order valence-corrected chi connectivity index (χ3v) is 0. The Labute approximate surface area is 1120 Å². The first kappa shape index (κ1) is 1730. The molecule has 0 unspecified atom stereocenters. The monoisotopic (exact) mass is 1840 g/mol. The molecule has 84 heavy (non-hydrogen) atoms. The third kappa shape index (κ3) is 1640. The Hall–Kier alpha value is 28.4. The fourth-order valence-corrected chi connectivity index (χ4v) is 0. The molecule has 0 aromatic carbocycles. The normalized spacial score (nSPS) is 0. The van der Waals surface area contributed by atoms with Gasteiger partial charge in [0.15, 0.2) is 0 Å². The van der Waals surface area contributed by atoms with Crippen molar-refractivity contribution in [1.29, 1.82) is 0 Å². The molecule has 0 aromatic heterocycles. The van der Waals surface area contributed by atoms with E-state index in [1.54, 1.807) is 0 Å². The molecule has 0 radical (unpaired) electrons. The molecule has 0 nitrogen and oxygen atoms in total. The van der Waals surface area contributed by atoms with Crippen molar-refractivity contribution in [1.82, 2.24) is 0 Å². The predicted molar refractivity (Wildman–Crippen MR) is 344 cm³/mol. The van der Waals surface area contributed by atoms with Crippen molar-refractivity contribution in [2.75, 3.05) is 0 Å². The Balaban J connectivity index is 0. The maximum absolute atomic E-state index is 0. The molecule has 0 aliphatic heterocycles. The summed E-state index contributed by atoms with van der Waals surface area (Å²) in [6.45, 7) is 0. The van der Waals surface area contributed by atoms with Gasteiger partial charge in [-0.25, -0.2) is 0 Å². The summed E-state index contributed by atoms with van der Waals surface area (Å²) >= 11 is 0. The van der Waals surface area contributed by atoms with Gasteiger partial charge in [0.05, 0.1) is 0 Å². The molecule has 84 heteroatoms. The van der Waals surface area contributed by atoms with E-state index in [0.717, 1.165) is 0 Å². The summed E-state index contributed by atoms with van der Waals surface area (Å²) in [4.78, 5) is 0. The molecule has 0 aliphatic rings. The quantitative estimate of drug-likeness (QED) is 0.168. The van der Waals surface area contributed by atoms with Crippen molar-refractivity contribution in [2.45, 2.75) is 0 Å². The van der Waals surface area contributed by atoms with Crippen LogP contribution in [0, 0.1) is 0 Å². The molecule has 0 heterocycles. The van der Waals surface area contributed by atoms with E-state index in [-0.39, 0.29) is 1150 Å². The van der Waals surface area contributed by atoms with Gasteiger partial charge in [0.2, 0.25) is 0 Å². The van der Waals surface area contributed by atoms with E-state index in [2.05, 4.69) is 0 Å². The van der Waals surface area contributed by atoms with Crippen LogP contribution in [0.25, 0.3) is 0 Å². The first-order valence-corrected chi connectivity index (χ1v) is 0. The smallest absolute Gasteiger partial charge is 0.269 e. The maximum Gasteiger partial charge on any atom is 2.00 e. The van der Waals surface area contributed by atoms with Gasteiger partial charge in [-0.2, -0.15) is 0 Å². The molecule has 0 saturated carbocycles. The van der Waals surface area contributed by atoms with Crippen molar-refractivity contribution >= 4 is 945 Å². The summed E-state index contributed by atoms with van der Waals surface area (Å²) in [5.41, 5.74) is 0. The second-order valence-electron chi connectivity index (χ2n) is 0. The Morgan fingerprint density at radius 3 is 0.0238 bits per heavy atom. The van der Waals surface area contributed by atoms with E-state index in [9.17, 15) is 0 Å². The summed E-state index contributed by atoms with van der Waals surface area (Å²) in [5, 5.41) is 0. The minimum Gasteiger partial charge on any atom is -0.269 e. The predicted octanol–water partition coefficient (Wildman–Crippen LogP) is -9.06. The van der Waals surface area contributed by atoms with Gasteiger partial charge in [0.1, 0.15) is 0 Å². The fourth-order valence-electron chi connectivity index (χ4n) is 0. The Morgan fingerprint density at radius 1 is 0.0238 bits per heavy atom. The molecular formula is H43F43Mg41+82. The fraction of sp³-hybridized carbons (Fsp3) is 0. The zero-order valence-corrected chi connectivity index (χ0v) is 105. The SMILES string of the molecule is F.F.F.F.F.F.F.F.F.F.F.F.F.F.F.F.F.F.F.F.F.F.F.F.F.F.F.F.F.F.F.F.F.F.F.F.F.F.F.F.F.F.F.[Mg+2].[Mg+2].[Mg+2].[Mg+2].[Mg+2].[Mg+2].[Mg+2].[Mg+2].[Mg+2].[Mg+2].[Mg+2].[Mg+2].[Mg+2].[Mg+2].[Mg+2].[Mg+2].[Mg+2].[Mg+2].[Mg+2].[Mg+2].[Mg+2].[Mg+2].[Mg+2].[Mg+2].[Mg+2].[Mg+2].[Mg+2].[Mg+2].[Mg+2].[Mg+2].[Mg+2].[Mg+2].[Mg+2].[Mg+2].[Mg+2].[Mg+2].[Mg+2].[Mg+2].[Mg+2].[Mg+2].[Mg+2]. The number of hydrogen-bond acceptors (Lipinski definition) is 0. The molecule has 0 spiro atoms. The second-order valence-corrected chi connectivity index (χ2v) is 0. The minimum absolute atomic E-state index is 0. The molecule has 0 aliphatic carbocycles. The minimum atomic E-state index is 0. The summed E-state index contributed by atoms with van der Waals surface area (Å²) in [5.74, 6) is 0. The van der Waals surface area contributed by atoms with E-state index < -0.39 is 0 Å². The van der Waals surface area contributed by atoms with Crippen LogP contribution in [0.3, 0.4) is 0 Å². The average molecular weight is 1860 g/mol. The zero-order valence-electron chi connectivity index (χ0n) is 46.5. The Morgan fingerprint density at radius 2 is 0.0238 bits per heavy atom. The van der Waals surface area contributed by atoms with Crippen LogP contribution in [0.5, 0.6) is 0 Å². The van der Waals surface area contributed by atoms with Gasteiger partial charge in [-0.05, 0) is 0 Å². The standard InChI is InChI=1S/43FH.41Mg/h43*1H;;;;;;;;;;;;;;;;;;;;;;;;;;;;;;;;;;;;;;;;;/q;;;;;;;;;;;;;;;;;;;;;;;;;;;;;;;;;;;;;;;;;;;41*+2. The summed E-state index contributed by atoms with van der Waals surface area (Å²) in [7, 11) is 0. The van der Waals surface area contributed by atoms with Crippen molar-refractivity contribution < 1.29 is 202 Å². The van der Waals surface area contributed by atoms with Crippen LogP contribution in [0.4, 0.5) is 202 Å². The summed E-state index contributed by atoms with van der Waals surface area (Å²) in [6, 6.07) is 0. The Bertz CT molecular complexity index is 84.0. The number of hydrogen-bond donors (Lipinski definition) is 0. The van der Waals surface area contributed by atoms with E-state index in [4.69, 9.17) is 0 Å². The summed E-state index contributed by atoms with van der Waals surface area (Å²) in [6.07, 6.45) is 0. The molecule has 0 amide bonds. The molecule has 0 bridgehead atoms. The Kier molecular flexibility index (Phi) is 34600. The van der Waals surface area contributed by atoms with E-state index in [1.807, 2.05) is 0 Å². The average Bonchev–Trinajstić information content (AvgIpc) is 0. The van der Waals surface area contributed by atoms with Crippen LogP contribution in [-0.2, 0) is 0 Å². The van der Waals surface area contributed by atoms with Crippen molar-refractivity contribution in [2.24, 2.45) is 0 Å². The third-order valence-electron chi connectivity index (χ3n) is 0. The van der Waals surface area contributed by atoms with Crippen LogP contribution in [0.15, 0.2) is 0 Å². The van der Waals surface area contributed by atoms with Crippen LogP contribution in [0.1, 0.15) is 0 Å². The van der Waals surface area contributed by atoms with Gasteiger partial charge in [-0.3, -0.25) is 202 Å². The molecule has 0 atom stereocenters. The zero-order chi connectivity index (χ0) is 0. The first-order valence-electron chi connectivity index (χ1n) is 0. The van der Waals surface area contributed by atoms with Gasteiger partial charge >= 0.3 is 945 Å². The second kappa shape index (κ2) is 1680. The van der Waals surface area contributed by atoms with Crippen LogP contribution in [-0.4, -0.2) is 945 Å². The molecular weight excluding hydrogens is 1810 g/mol. The van der Waals surface area contributed by atoms with Crippen LogP contribution >= 0.6 is 0 Å². The molecule has 0 rings (SSSR count). The molecule has 0 fully saturated rings. The molecule has 0 aromatic rings. The van der Waals surface area contributed by atoms with Crippen molar-refractivity contribution in [3.8, 4) is 0 Å². The molecule has 0 saturated heterocycles. The van der Waals surface area contributed by atoms with Crippen molar-refractivity contribution in [3.05, 3.63) is 0 Å². The summed E-state index contributed by atoms with van der Waals surface area (Å²) < 4.78 is 0. The number of rotatable bonds is 0. The van der Waals surface area contributed by atoms with Gasteiger partial charge in [0.25, 0.3) is 0 Å². The van der Waals surface area contributed by atoms with Crippen LogP contribution in [0.2, 0.25) is 0 Å². The largest absolute Gasteiger partial charge is 2.00 e. The van der Waals surface area contributed by atoms with Gasteiger partial charge < -0.3 is 0 Å². The number of halogens is 43. The van der Waals surface area contributed by atoms with Crippen molar-refractivity contribution in [3.63, 3.8) is 0 Å². The molecule has 0 N–H and O–H groups in total. The van der Waals surface area contributed by atoms with Crippen LogP contribution < -0.4 is 0 Å². The van der Waals surface area contributed by atoms with Gasteiger partial charge in [0, 0.05) is 0 Å². The van der Waals surface area contributed by atoms with E-state index >= 15 is 0 Å².